The summed E-state index contributed by atoms with van der Waals surface area (Å²) < 4.78 is 2.68. The molecule has 92 valence electrons. The summed E-state index contributed by atoms with van der Waals surface area (Å²) in [5, 5.41) is 2.10. The van der Waals surface area contributed by atoms with E-state index in [1.54, 1.807) is 22.7 Å². The summed E-state index contributed by atoms with van der Waals surface area (Å²) in [6.07, 6.45) is 1.07. The summed E-state index contributed by atoms with van der Waals surface area (Å²) in [5.74, 6) is 0. The number of fused-ring (bicyclic) bond motifs is 1. The van der Waals surface area contributed by atoms with Crippen LogP contribution >= 0.6 is 34.3 Å². The molecule has 1 atom stereocenters. The van der Waals surface area contributed by atoms with E-state index in [1.807, 2.05) is 0 Å². The fourth-order valence-corrected chi connectivity index (χ4v) is 4.46. The van der Waals surface area contributed by atoms with E-state index in [9.17, 15) is 0 Å². The van der Waals surface area contributed by atoms with Gasteiger partial charge in [0.2, 0.25) is 0 Å². The minimum atomic E-state index is -0.0273. The Labute approximate surface area is 120 Å². The molecule has 0 saturated heterocycles. The van der Waals surface area contributed by atoms with Crippen LogP contribution in [0.2, 0.25) is 0 Å². The molecule has 0 amide bonds. The first kappa shape index (κ1) is 12.2. The lowest BCUT2D eigenvalue weighted by atomic mass is 10.1. The van der Waals surface area contributed by atoms with Gasteiger partial charge in [0.1, 0.15) is 0 Å². The molecule has 3 rings (SSSR count). The standard InChI is InChI=1S/C15H13ClS2/c1-2-10-3-5-11(6-4-10)15(16)14-9-13-12(18-14)7-8-17-13/h3-9,15H,2H2,1H3. The number of hydrogen-bond donors (Lipinski definition) is 0. The van der Waals surface area contributed by atoms with Crippen molar-refractivity contribution >= 4 is 43.7 Å². The highest BCUT2D eigenvalue weighted by molar-refractivity contribution is 7.27. The molecule has 0 N–H and O–H groups in total. The zero-order valence-electron chi connectivity index (χ0n) is 10.0. The Balaban J connectivity index is 1.92. The molecule has 0 aliphatic carbocycles. The maximum atomic E-state index is 6.57. The fourth-order valence-electron chi connectivity index (χ4n) is 2.00. The summed E-state index contributed by atoms with van der Waals surface area (Å²) in [5.41, 5.74) is 2.54. The highest BCUT2D eigenvalue weighted by Gasteiger charge is 2.14. The van der Waals surface area contributed by atoms with Crippen LogP contribution in [-0.4, -0.2) is 0 Å². The number of aryl methyl sites for hydroxylation is 1. The number of rotatable bonds is 3. The van der Waals surface area contributed by atoms with Gasteiger partial charge in [0.05, 0.1) is 5.38 Å². The number of alkyl halides is 1. The van der Waals surface area contributed by atoms with Gasteiger partial charge < -0.3 is 0 Å². The lowest BCUT2D eigenvalue weighted by Gasteiger charge is -2.08. The van der Waals surface area contributed by atoms with E-state index in [2.05, 4.69) is 48.7 Å². The smallest absolute Gasteiger partial charge is 0.0928 e. The van der Waals surface area contributed by atoms with E-state index in [-0.39, 0.29) is 5.38 Å². The highest BCUT2D eigenvalue weighted by Crippen LogP contribution is 2.38. The van der Waals surface area contributed by atoms with E-state index >= 15 is 0 Å². The molecule has 3 aromatic rings. The van der Waals surface area contributed by atoms with Crippen LogP contribution in [0.4, 0.5) is 0 Å². The summed E-state index contributed by atoms with van der Waals surface area (Å²) >= 11 is 10.1. The average Bonchev–Trinajstić information content (AvgIpc) is 2.99. The molecule has 0 radical (unpaired) electrons. The maximum Gasteiger partial charge on any atom is 0.0928 e. The third-order valence-electron chi connectivity index (χ3n) is 3.09. The van der Waals surface area contributed by atoms with Crippen molar-refractivity contribution in [2.24, 2.45) is 0 Å². The third-order valence-corrected chi connectivity index (χ3v) is 5.86. The van der Waals surface area contributed by atoms with Crippen molar-refractivity contribution in [2.45, 2.75) is 18.7 Å². The Bertz CT molecular complexity index is 620. The van der Waals surface area contributed by atoms with Gasteiger partial charge in [0, 0.05) is 14.3 Å². The van der Waals surface area contributed by atoms with Crippen molar-refractivity contribution in [3.05, 3.63) is 57.8 Å². The molecule has 0 fully saturated rings. The SMILES string of the molecule is CCc1ccc(C(Cl)c2cc3sccc3s2)cc1. The normalized spacial score (nSPS) is 13.0. The zero-order chi connectivity index (χ0) is 12.5. The molecule has 0 bridgehead atoms. The topological polar surface area (TPSA) is 0 Å². The van der Waals surface area contributed by atoms with Gasteiger partial charge in [-0.1, -0.05) is 31.2 Å². The quantitative estimate of drug-likeness (QED) is 0.531. The second-order valence-corrected chi connectivity index (χ2v) is 6.76. The van der Waals surface area contributed by atoms with Crippen LogP contribution in [0.15, 0.2) is 41.8 Å². The number of benzene rings is 1. The number of halogens is 1. The Morgan fingerprint density at radius 1 is 1.11 bits per heavy atom. The van der Waals surface area contributed by atoms with Gasteiger partial charge in [-0.05, 0) is 35.1 Å². The van der Waals surface area contributed by atoms with E-state index < -0.39 is 0 Å². The number of thiophene rings is 2. The first-order chi connectivity index (χ1) is 8.78. The van der Waals surface area contributed by atoms with Gasteiger partial charge in [0.15, 0.2) is 0 Å². The lowest BCUT2D eigenvalue weighted by Crippen LogP contribution is -1.90. The molecule has 1 unspecified atom stereocenters. The van der Waals surface area contributed by atoms with Crippen LogP contribution in [-0.2, 0) is 6.42 Å². The molecule has 1 aromatic carbocycles. The molecule has 0 saturated carbocycles. The monoisotopic (exact) mass is 292 g/mol. The first-order valence-corrected chi connectivity index (χ1v) is 8.11. The van der Waals surface area contributed by atoms with Crippen LogP contribution in [0.5, 0.6) is 0 Å². The first-order valence-electron chi connectivity index (χ1n) is 5.98. The average molecular weight is 293 g/mol. The van der Waals surface area contributed by atoms with Crippen LogP contribution in [0.3, 0.4) is 0 Å². The predicted octanol–water partition coefficient (Wildman–Crippen LogP) is 5.85. The molecule has 2 heterocycles. The van der Waals surface area contributed by atoms with Gasteiger partial charge in [-0.25, -0.2) is 0 Å². The second-order valence-electron chi connectivity index (χ2n) is 4.26. The summed E-state index contributed by atoms with van der Waals surface area (Å²) in [7, 11) is 0. The van der Waals surface area contributed by atoms with E-state index in [0.717, 1.165) is 6.42 Å². The summed E-state index contributed by atoms with van der Waals surface area (Å²) in [6.45, 7) is 2.17. The Hall–Kier alpha value is -0.830. The van der Waals surface area contributed by atoms with Crippen LogP contribution in [0.1, 0.15) is 28.3 Å². The molecule has 0 aliphatic rings. The van der Waals surface area contributed by atoms with Crippen molar-refractivity contribution in [1.29, 1.82) is 0 Å². The minimum Gasteiger partial charge on any atom is -0.143 e. The van der Waals surface area contributed by atoms with Crippen molar-refractivity contribution in [3.63, 3.8) is 0 Å². The summed E-state index contributed by atoms with van der Waals surface area (Å²) in [6, 6.07) is 13.0. The second kappa shape index (κ2) is 5.04. The van der Waals surface area contributed by atoms with Gasteiger partial charge >= 0.3 is 0 Å². The largest absolute Gasteiger partial charge is 0.143 e. The van der Waals surface area contributed by atoms with Crippen molar-refractivity contribution in [3.8, 4) is 0 Å². The predicted molar refractivity (Wildman–Crippen MR) is 83.2 cm³/mol. The molecule has 18 heavy (non-hydrogen) atoms. The van der Waals surface area contributed by atoms with Gasteiger partial charge in [-0.2, -0.15) is 0 Å². The maximum absolute atomic E-state index is 6.57. The lowest BCUT2D eigenvalue weighted by molar-refractivity contribution is 1.12. The Morgan fingerprint density at radius 2 is 1.89 bits per heavy atom. The van der Waals surface area contributed by atoms with Gasteiger partial charge in [0.25, 0.3) is 0 Å². The van der Waals surface area contributed by atoms with E-state index in [1.165, 1.54) is 25.4 Å². The molecule has 3 heteroatoms. The third kappa shape index (κ3) is 2.20. The molecule has 0 aliphatic heterocycles. The van der Waals surface area contributed by atoms with Crippen molar-refractivity contribution in [1.82, 2.24) is 0 Å². The molecule has 2 aromatic heterocycles. The Morgan fingerprint density at radius 3 is 2.56 bits per heavy atom. The van der Waals surface area contributed by atoms with E-state index in [4.69, 9.17) is 11.6 Å². The fraction of sp³-hybridized carbons (Fsp3) is 0.200. The van der Waals surface area contributed by atoms with Crippen molar-refractivity contribution in [2.75, 3.05) is 0 Å². The van der Waals surface area contributed by atoms with E-state index in [0.29, 0.717) is 0 Å². The van der Waals surface area contributed by atoms with Gasteiger partial charge in [-0.3, -0.25) is 0 Å². The molecule has 0 spiro atoms. The number of hydrogen-bond acceptors (Lipinski definition) is 2. The van der Waals surface area contributed by atoms with Crippen LogP contribution in [0.25, 0.3) is 9.40 Å². The van der Waals surface area contributed by atoms with Gasteiger partial charge in [-0.15, -0.1) is 34.3 Å². The Kier molecular flexibility index (Phi) is 3.42. The minimum absolute atomic E-state index is 0.0273. The zero-order valence-corrected chi connectivity index (χ0v) is 12.4. The molecular formula is C15H13ClS2. The molecule has 0 nitrogen and oxygen atoms in total. The molecular weight excluding hydrogens is 280 g/mol. The summed E-state index contributed by atoms with van der Waals surface area (Å²) in [4.78, 5) is 1.24. The van der Waals surface area contributed by atoms with Crippen LogP contribution < -0.4 is 0 Å². The highest BCUT2D eigenvalue weighted by atomic mass is 35.5. The van der Waals surface area contributed by atoms with Crippen LogP contribution in [0, 0.1) is 0 Å². The van der Waals surface area contributed by atoms with Crippen molar-refractivity contribution < 1.29 is 0 Å².